The van der Waals surface area contributed by atoms with Gasteiger partial charge in [0.25, 0.3) is 0 Å². The Hall–Kier alpha value is -0.860. The quantitative estimate of drug-likeness (QED) is 0.871. The van der Waals surface area contributed by atoms with Crippen molar-refractivity contribution in [1.29, 1.82) is 0 Å². The minimum atomic E-state index is -0.773. The van der Waals surface area contributed by atoms with E-state index in [1.807, 2.05) is 12.1 Å². The van der Waals surface area contributed by atoms with Gasteiger partial charge in [-0.2, -0.15) is 0 Å². The molecule has 0 amide bonds. The number of aliphatic hydroxyl groups is 1. The van der Waals surface area contributed by atoms with Crippen molar-refractivity contribution in [1.82, 2.24) is 0 Å². The number of ether oxygens (including phenoxy) is 1. The molecule has 1 heterocycles. The molecule has 1 aliphatic rings. The smallest absolute Gasteiger partial charge is 0.113 e. The molecular formula is C15H22O2. The van der Waals surface area contributed by atoms with E-state index in [0.29, 0.717) is 12.5 Å². The fourth-order valence-electron chi connectivity index (χ4n) is 2.47. The Kier molecular flexibility index (Phi) is 3.85. The van der Waals surface area contributed by atoms with E-state index in [9.17, 15) is 5.11 Å². The standard InChI is InChI=1S/C15H22O2/c1-12(2)9-13-5-3-6-14(10-13)15(16)7-4-8-17-11-15/h3,5-6,10,12,16H,4,7-9,11H2,1-2H3. The largest absolute Gasteiger partial charge is 0.383 e. The van der Waals surface area contributed by atoms with Crippen molar-refractivity contribution in [3.8, 4) is 0 Å². The molecule has 94 valence electrons. The van der Waals surface area contributed by atoms with Gasteiger partial charge in [-0.25, -0.2) is 0 Å². The fourth-order valence-corrected chi connectivity index (χ4v) is 2.47. The van der Waals surface area contributed by atoms with Gasteiger partial charge in [0, 0.05) is 6.61 Å². The first-order valence-corrected chi connectivity index (χ1v) is 6.50. The Labute approximate surface area is 104 Å². The van der Waals surface area contributed by atoms with Gasteiger partial charge in [-0.1, -0.05) is 38.1 Å². The van der Waals surface area contributed by atoms with Crippen molar-refractivity contribution < 1.29 is 9.84 Å². The zero-order valence-corrected chi connectivity index (χ0v) is 10.8. The highest BCUT2D eigenvalue weighted by Gasteiger charge is 2.32. The van der Waals surface area contributed by atoms with Crippen molar-refractivity contribution >= 4 is 0 Å². The highest BCUT2D eigenvalue weighted by Crippen LogP contribution is 2.30. The zero-order chi connectivity index (χ0) is 12.3. The third-order valence-electron chi connectivity index (χ3n) is 3.33. The predicted octanol–water partition coefficient (Wildman–Crippen LogP) is 2.88. The van der Waals surface area contributed by atoms with Gasteiger partial charge in [0.15, 0.2) is 0 Å². The summed E-state index contributed by atoms with van der Waals surface area (Å²) in [6.45, 7) is 5.63. The monoisotopic (exact) mass is 234 g/mol. The Morgan fingerprint density at radius 3 is 2.88 bits per heavy atom. The second kappa shape index (κ2) is 5.19. The van der Waals surface area contributed by atoms with E-state index < -0.39 is 5.60 Å². The summed E-state index contributed by atoms with van der Waals surface area (Å²) in [6, 6.07) is 8.32. The van der Waals surface area contributed by atoms with Crippen LogP contribution in [-0.4, -0.2) is 18.3 Å². The van der Waals surface area contributed by atoms with Crippen LogP contribution in [0.25, 0.3) is 0 Å². The summed E-state index contributed by atoms with van der Waals surface area (Å²) in [7, 11) is 0. The number of hydrogen-bond donors (Lipinski definition) is 1. The molecule has 0 aromatic heterocycles. The van der Waals surface area contributed by atoms with Crippen LogP contribution in [0.15, 0.2) is 24.3 Å². The Morgan fingerprint density at radius 2 is 2.24 bits per heavy atom. The molecule has 0 aliphatic carbocycles. The lowest BCUT2D eigenvalue weighted by atomic mass is 9.87. The molecule has 1 saturated heterocycles. The van der Waals surface area contributed by atoms with Gasteiger partial charge in [-0.15, -0.1) is 0 Å². The summed E-state index contributed by atoms with van der Waals surface area (Å²) in [4.78, 5) is 0. The Bertz CT molecular complexity index is 365. The molecule has 17 heavy (non-hydrogen) atoms. The van der Waals surface area contributed by atoms with Gasteiger partial charge < -0.3 is 9.84 Å². The van der Waals surface area contributed by atoms with E-state index in [1.165, 1.54) is 5.56 Å². The van der Waals surface area contributed by atoms with Crippen LogP contribution in [-0.2, 0) is 16.8 Å². The van der Waals surface area contributed by atoms with Crippen LogP contribution in [0, 0.1) is 5.92 Å². The van der Waals surface area contributed by atoms with Gasteiger partial charge >= 0.3 is 0 Å². The van der Waals surface area contributed by atoms with Crippen molar-refractivity contribution in [2.45, 2.75) is 38.7 Å². The van der Waals surface area contributed by atoms with E-state index in [-0.39, 0.29) is 0 Å². The predicted molar refractivity (Wildman–Crippen MR) is 68.9 cm³/mol. The maximum absolute atomic E-state index is 10.6. The molecule has 1 aliphatic heterocycles. The lowest BCUT2D eigenvalue weighted by Gasteiger charge is -2.32. The van der Waals surface area contributed by atoms with Crippen LogP contribution in [0.1, 0.15) is 37.8 Å². The molecule has 1 atom stereocenters. The Balaban J connectivity index is 2.19. The summed E-state index contributed by atoms with van der Waals surface area (Å²) < 4.78 is 5.41. The summed E-state index contributed by atoms with van der Waals surface area (Å²) in [6.07, 6.45) is 2.80. The number of hydrogen-bond acceptors (Lipinski definition) is 2. The molecule has 0 bridgehead atoms. The van der Waals surface area contributed by atoms with Crippen molar-refractivity contribution in [2.24, 2.45) is 5.92 Å². The van der Waals surface area contributed by atoms with E-state index in [1.54, 1.807) is 0 Å². The van der Waals surface area contributed by atoms with E-state index in [2.05, 4.69) is 26.0 Å². The second-order valence-corrected chi connectivity index (χ2v) is 5.49. The Morgan fingerprint density at radius 1 is 1.41 bits per heavy atom. The van der Waals surface area contributed by atoms with Gasteiger partial charge in [-0.05, 0) is 36.3 Å². The molecule has 0 radical (unpaired) electrons. The third-order valence-corrected chi connectivity index (χ3v) is 3.33. The van der Waals surface area contributed by atoms with Crippen LogP contribution >= 0.6 is 0 Å². The highest BCUT2D eigenvalue weighted by atomic mass is 16.5. The zero-order valence-electron chi connectivity index (χ0n) is 10.8. The highest BCUT2D eigenvalue weighted by molar-refractivity contribution is 5.29. The maximum atomic E-state index is 10.6. The number of benzene rings is 1. The normalized spacial score (nSPS) is 25.2. The molecule has 1 aromatic rings. The molecule has 1 aromatic carbocycles. The molecular weight excluding hydrogens is 212 g/mol. The van der Waals surface area contributed by atoms with Crippen molar-refractivity contribution in [2.75, 3.05) is 13.2 Å². The average molecular weight is 234 g/mol. The maximum Gasteiger partial charge on any atom is 0.113 e. The van der Waals surface area contributed by atoms with Crippen molar-refractivity contribution in [3.05, 3.63) is 35.4 Å². The topological polar surface area (TPSA) is 29.5 Å². The minimum Gasteiger partial charge on any atom is -0.383 e. The molecule has 1 fully saturated rings. The summed E-state index contributed by atoms with van der Waals surface area (Å²) in [5.74, 6) is 0.641. The minimum absolute atomic E-state index is 0.429. The van der Waals surface area contributed by atoms with Crippen LogP contribution in [0.5, 0.6) is 0 Å². The molecule has 1 N–H and O–H groups in total. The van der Waals surface area contributed by atoms with E-state index >= 15 is 0 Å². The first-order valence-electron chi connectivity index (χ1n) is 6.50. The first-order chi connectivity index (χ1) is 8.10. The molecule has 2 rings (SSSR count). The van der Waals surface area contributed by atoms with Crippen LogP contribution in [0.4, 0.5) is 0 Å². The average Bonchev–Trinajstić information content (AvgIpc) is 2.29. The van der Waals surface area contributed by atoms with Crippen LogP contribution < -0.4 is 0 Å². The lowest BCUT2D eigenvalue weighted by Crippen LogP contribution is -2.35. The van der Waals surface area contributed by atoms with Gasteiger partial charge in [0.05, 0.1) is 6.61 Å². The number of rotatable bonds is 3. The van der Waals surface area contributed by atoms with E-state index in [0.717, 1.165) is 31.4 Å². The summed E-state index contributed by atoms with van der Waals surface area (Å²) >= 11 is 0. The lowest BCUT2D eigenvalue weighted by molar-refractivity contribution is -0.0903. The molecule has 1 unspecified atom stereocenters. The SMILES string of the molecule is CC(C)Cc1cccc(C2(O)CCCOC2)c1. The summed E-state index contributed by atoms with van der Waals surface area (Å²) in [5.41, 5.74) is 1.54. The first kappa shape index (κ1) is 12.6. The molecule has 2 heteroatoms. The van der Waals surface area contributed by atoms with Crippen LogP contribution in [0.2, 0.25) is 0 Å². The molecule has 2 nitrogen and oxygen atoms in total. The van der Waals surface area contributed by atoms with Crippen molar-refractivity contribution in [3.63, 3.8) is 0 Å². The second-order valence-electron chi connectivity index (χ2n) is 5.49. The van der Waals surface area contributed by atoms with Gasteiger partial charge in [0.1, 0.15) is 5.60 Å². The molecule has 0 saturated carbocycles. The third kappa shape index (κ3) is 3.08. The van der Waals surface area contributed by atoms with E-state index in [4.69, 9.17) is 4.74 Å². The van der Waals surface area contributed by atoms with Crippen LogP contribution in [0.3, 0.4) is 0 Å². The fraction of sp³-hybridized carbons (Fsp3) is 0.600. The van der Waals surface area contributed by atoms with Gasteiger partial charge in [0.2, 0.25) is 0 Å². The molecule has 0 spiro atoms. The summed E-state index contributed by atoms with van der Waals surface area (Å²) in [5, 5.41) is 10.6. The van der Waals surface area contributed by atoms with Gasteiger partial charge in [-0.3, -0.25) is 0 Å².